The van der Waals surface area contributed by atoms with Crippen molar-refractivity contribution in [1.29, 1.82) is 0 Å². The first-order valence-electron chi connectivity index (χ1n) is 7.28. The fourth-order valence-electron chi connectivity index (χ4n) is 2.44. The molecule has 110 valence electrons. The molecule has 0 aliphatic rings. The number of carbonyl (C=O) groups is 1. The predicted molar refractivity (Wildman–Crippen MR) is 84.2 cm³/mol. The van der Waals surface area contributed by atoms with Gasteiger partial charge in [-0.15, -0.1) is 0 Å². The summed E-state index contributed by atoms with van der Waals surface area (Å²) in [6.07, 6.45) is 0.912. The van der Waals surface area contributed by atoms with Gasteiger partial charge in [0.05, 0.1) is 12.5 Å². The fraction of sp³-hybridized carbons (Fsp3) is 0.278. The van der Waals surface area contributed by atoms with Crippen LogP contribution in [-0.2, 0) is 4.79 Å². The minimum Gasteiger partial charge on any atom is -0.481 e. The first kappa shape index (κ1) is 15.3. The molecule has 3 heteroatoms. The van der Waals surface area contributed by atoms with Crippen molar-refractivity contribution in [2.24, 2.45) is 0 Å². The number of hydrogen-bond donors (Lipinski definition) is 2. The molecule has 0 unspecified atom stereocenters. The van der Waals surface area contributed by atoms with Crippen molar-refractivity contribution in [3.05, 3.63) is 71.8 Å². The van der Waals surface area contributed by atoms with Gasteiger partial charge >= 0.3 is 5.97 Å². The Balaban J connectivity index is 2.26. The van der Waals surface area contributed by atoms with Crippen molar-refractivity contribution in [3.8, 4) is 0 Å². The molecule has 2 N–H and O–H groups in total. The molecule has 0 aliphatic heterocycles. The topological polar surface area (TPSA) is 49.3 Å². The highest BCUT2D eigenvalue weighted by molar-refractivity contribution is 5.67. The van der Waals surface area contributed by atoms with Gasteiger partial charge in [0.15, 0.2) is 0 Å². The lowest BCUT2D eigenvalue weighted by atomic mass is 9.97. The Morgan fingerprint density at radius 3 is 1.86 bits per heavy atom. The number of hydrogen-bond acceptors (Lipinski definition) is 2. The van der Waals surface area contributed by atoms with Crippen LogP contribution in [0.25, 0.3) is 0 Å². The zero-order valence-electron chi connectivity index (χ0n) is 12.2. The number of aliphatic carboxylic acids is 1. The van der Waals surface area contributed by atoms with Crippen LogP contribution in [0.4, 0.5) is 0 Å². The number of nitrogens with one attached hydrogen (secondary N) is 1. The van der Waals surface area contributed by atoms with Crippen LogP contribution in [0.1, 0.15) is 36.9 Å². The second-order valence-electron chi connectivity index (χ2n) is 5.12. The van der Waals surface area contributed by atoms with Gasteiger partial charge in [-0.3, -0.25) is 4.79 Å². The molecule has 0 aromatic heterocycles. The molecule has 2 aromatic rings. The van der Waals surface area contributed by atoms with E-state index >= 15 is 0 Å². The summed E-state index contributed by atoms with van der Waals surface area (Å²) in [5.74, 6) is -0.769. The van der Waals surface area contributed by atoms with Crippen LogP contribution in [0.15, 0.2) is 60.7 Å². The normalized spacial score (nSPS) is 12.3. The van der Waals surface area contributed by atoms with Crippen LogP contribution in [0.3, 0.4) is 0 Å². The molecular formula is C18H21NO2. The van der Waals surface area contributed by atoms with Crippen molar-refractivity contribution in [1.82, 2.24) is 5.32 Å². The largest absolute Gasteiger partial charge is 0.481 e. The van der Waals surface area contributed by atoms with Gasteiger partial charge in [0, 0.05) is 6.04 Å². The third-order valence-electron chi connectivity index (χ3n) is 3.58. The summed E-state index contributed by atoms with van der Waals surface area (Å²) in [5, 5.41) is 12.5. The molecule has 3 nitrogen and oxygen atoms in total. The molecule has 2 aromatic carbocycles. The van der Waals surface area contributed by atoms with E-state index in [-0.39, 0.29) is 18.5 Å². The molecule has 0 bridgehead atoms. The number of carboxylic acid groups (broad SMARTS) is 1. The molecule has 1 atom stereocenters. The molecule has 0 fully saturated rings. The molecular weight excluding hydrogens is 262 g/mol. The third-order valence-corrected chi connectivity index (χ3v) is 3.58. The molecule has 2 rings (SSSR count). The van der Waals surface area contributed by atoms with Gasteiger partial charge in [-0.1, -0.05) is 67.6 Å². The Bertz CT molecular complexity index is 514. The van der Waals surface area contributed by atoms with Crippen molar-refractivity contribution in [3.63, 3.8) is 0 Å². The summed E-state index contributed by atoms with van der Waals surface area (Å²) >= 11 is 0. The van der Waals surface area contributed by atoms with Gasteiger partial charge < -0.3 is 10.4 Å². The maximum Gasteiger partial charge on any atom is 0.304 e. The molecule has 0 aliphatic carbocycles. The average molecular weight is 283 g/mol. The van der Waals surface area contributed by atoms with Crippen molar-refractivity contribution >= 4 is 5.97 Å². The standard InChI is InChI=1S/C18H21NO2/c1-2-16(13-17(20)21)19-18(14-9-5-3-6-10-14)15-11-7-4-8-12-15/h3-12,16,18-19H,2,13H2,1H3,(H,20,21)/t16-/m1/s1. The summed E-state index contributed by atoms with van der Waals surface area (Å²) in [6.45, 7) is 2.01. The summed E-state index contributed by atoms with van der Waals surface area (Å²) in [4.78, 5) is 11.0. The van der Waals surface area contributed by atoms with Gasteiger partial charge in [-0.25, -0.2) is 0 Å². The Labute approximate surface area is 125 Å². The minimum absolute atomic E-state index is 0.0108. The summed E-state index contributed by atoms with van der Waals surface area (Å²) < 4.78 is 0. The molecule has 21 heavy (non-hydrogen) atoms. The van der Waals surface area contributed by atoms with E-state index in [0.29, 0.717) is 0 Å². The highest BCUT2D eigenvalue weighted by Crippen LogP contribution is 2.23. The molecule has 0 spiro atoms. The van der Waals surface area contributed by atoms with Gasteiger partial charge in [-0.2, -0.15) is 0 Å². The van der Waals surface area contributed by atoms with E-state index in [1.807, 2.05) is 43.3 Å². The van der Waals surface area contributed by atoms with E-state index in [4.69, 9.17) is 5.11 Å². The zero-order chi connectivity index (χ0) is 15.1. The molecule has 0 saturated carbocycles. The molecule has 0 amide bonds. The van der Waals surface area contributed by atoms with E-state index in [1.165, 1.54) is 0 Å². The summed E-state index contributed by atoms with van der Waals surface area (Å²) in [5.41, 5.74) is 2.29. The summed E-state index contributed by atoms with van der Waals surface area (Å²) in [6, 6.07) is 20.2. The lowest BCUT2D eigenvalue weighted by Crippen LogP contribution is -2.34. The average Bonchev–Trinajstić information content (AvgIpc) is 2.52. The SMILES string of the molecule is CC[C@H](CC(=O)O)NC(c1ccccc1)c1ccccc1. The van der Waals surface area contributed by atoms with Crippen molar-refractivity contribution < 1.29 is 9.90 Å². The van der Waals surface area contributed by atoms with E-state index in [2.05, 4.69) is 29.6 Å². The smallest absolute Gasteiger partial charge is 0.304 e. The number of benzene rings is 2. The lowest BCUT2D eigenvalue weighted by Gasteiger charge is -2.25. The second-order valence-corrected chi connectivity index (χ2v) is 5.12. The van der Waals surface area contributed by atoms with Gasteiger partial charge in [0.1, 0.15) is 0 Å². The Kier molecular flexibility index (Phi) is 5.52. The second kappa shape index (κ2) is 7.60. The van der Waals surface area contributed by atoms with E-state index in [0.717, 1.165) is 17.5 Å². The van der Waals surface area contributed by atoms with Gasteiger partial charge in [-0.05, 0) is 17.5 Å². The van der Waals surface area contributed by atoms with Crippen LogP contribution in [0, 0.1) is 0 Å². The molecule has 0 saturated heterocycles. The Morgan fingerprint density at radius 2 is 1.48 bits per heavy atom. The van der Waals surface area contributed by atoms with Crippen LogP contribution in [0.5, 0.6) is 0 Å². The maximum absolute atomic E-state index is 11.0. The van der Waals surface area contributed by atoms with Gasteiger partial charge in [0.25, 0.3) is 0 Å². The highest BCUT2D eigenvalue weighted by atomic mass is 16.4. The van der Waals surface area contributed by atoms with Crippen LogP contribution in [-0.4, -0.2) is 17.1 Å². The summed E-state index contributed by atoms with van der Waals surface area (Å²) in [7, 11) is 0. The van der Waals surface area contributed by atoms with E-state index in [9.17, 15) is 4.79 Å². The van der Waals surface area contributed by atoms with E-state index < -0.39 is 5.97 Å². The lowest BCUT2D eigenvalue weighted by molar-refractivity contribution is -0.137. The van der Waals surface area contributed by atoms with Crippen LogP contribution >= 0.6 is 0 Å². The Hall–Kier alpha value is -2.13. The van der Waals surface area contributed by atoms with Gasteiger partial charge in [0.2, 0.25) is 0 Å². The first-order chi connectivity index (χ1) is 10.2. The minimum atomic E-state index is -0.769. The highest BCUT2D eigenvalue weighted by Gasteiger charge is 2.19. The molecule has 0 heterocycles. The third kappa shape index (κ3) is 4.43. The van der Waals surface area contributed by atoms with Crippen molar-refractivity contribution in [2.45, 2.75) is 31.8 Å². The molecule has 0 radical (unpaired) electrons. The monoisotopic (exact) mass is 283 g/mol. The first-order valence-corrected chi connectivity index (χ1v) is 7.28. The quantitative estimate of drug-likeness (QED) is 0.816. The number of carboxylic acids is 1. The number of rotatable bonds is 7. The fourth-order valence-corrected chi connectivity index (χ4v) is 2.44. The van der Waals surface area contributed by atoms with E-state index in [1.54, 1.807) is 0 Å². The van der Waals surface area contributed by atoms with Crippen molar-refractivity contribution in [2.75, 3.05) is 0 Å². The Morgan fingerprint density at radius 1 is 1.00 bits per heavy atom. The predicted octanol–water partition coefficient (Wildman–Crippen LogP) is 3.62. The van der Waals surface area contributed by atoms with Crippen LogP contribution in [0.2, 0.25) is 0 Å². The van der Waals surface area contributed by atoms with Crippen LogP contribution < -0.4 is 5.32 Å². The maximum atomic E-state index is 11.0. The zero-order valence-corrected chi connectivity index (χ0v) is 12.2.